The molecule has 0 radical (unpaired) electrons. The Morgan fingerprint density at radius 1 is 1.38 bits per heavy atom. The first-order valence-electron chi connectivity index (χ1n) is 5.78. The predicted molar refractivity (Wildman–Crippen MR) is 63.4 cm³/mol. The second kappa shape index (κ2) is 7.30. The van der Waals surface area contributed by atoms with Crippen LogP contribution in [0.1, 0.15) is 25.3 Å². The van der Waals surface area contributed by atoms with Crippen molar-refractivity contribution in [3.63, 3.8) is 0 Å². The van der Waals surface area contributed by atoms with Crippen molar-refractivity contribution in [2.75, 3.05) is 19.6 Å². The lowest BCUT2D eigenvalue weighted by Gasteiger charge is -2.21. The Bertz CT molecular complexity index is 304. The quantitative estimate of drug-likeness (QED) is 0.769. The molecule has 0 spiro atoms. The van der Waals surface area contributed by atoms with Crippen LogP contribution in [0.4, 0.5) is 4.39 Å². The molecule has 0 saturated carbocycles. The van der Waals surface area contributed by atoms with E-state index in [1.807, 2.05) is 0 Å². The topological polar surface area (TPSA) is 42.1 Å². The second-order valence-corrected chi connectivity index (χ2v) is 3.93. The van der Waals surface area contributed by atoms with Gasteiger partial charge in [-0.2, -0.15) is 0 Å². The number of nitrogens with zero attached hydrogens (tertiary/aromatic N) is 2. The minimum absolute atomic E-state index is 0.277. The molecule has 4 heteroatoms. The Morgan fingerprint density at radius 3 is 2.81 bits per heavy atom. The van der Waals surface area contributed by atoms with Gasteiger partial charge in [0.15, 0.2) is 0 Å². The summed E-state index contributed by atoms with van der Waals surface area (Å²) in [4.78, 5) is 6.08. The largest absolute Gasteiger partial charge is 0.329 e. The molecule has 0 amide bonds. The van der Waals surface area contributed by atoms with Gasteiger partial charge in [0.2, 0.25) is 0 Å². The Kier molecular flexibility index (Phi) is 5.96. The normalized spacial score (nSPS) is 11.0. The first-order valence-corrected chi connectivity index (χ1v) is 5.78. The van der Waals surface area contributed by atoms with Crippen LogP contribution in [-0.2, 0) is 6.54 Å². The average molecular weight is 225 g/mol. The summed E-state index contributed by atoms with van der Waals surface area (Å²) in [5.74, 6) is -0.277. The third-order valence-corrected chi connectivity index (χ3v) is 2.44. The van der Waals surface area contributed by atoms with Crippen molar-refractivity contribution in [3.8, 4) is 0 Å². The standard InChI is InChI=1S/C12H20FN3/c1-2-3-5-16(6-4-14)10-11-7-12(13)9-15-8-11/h7-9H,2-6,10,14H2,1H3. The van der Waals surface area contributed by atoms with E-state index in [4.69, 9.17) is 5.73 Å². The number of unbranched alkanes of at least 4 members (excludes halogenated alkanes) is 1. The maximum atomic E-state index is 12.9. The summed E-state index contributed by atoms with van der Waals surface area (Å²) in [6, 6.07) is 1.53. The van der Waals surface area contributed by atoms with Crippen LogP contribution in [0.2, 0.25) is 0 Å². The monoisotopic (exact) mass is 225 g/mol. The molecule has 0 atom stereocenters. The molecule has 2 N–H and O–H groups in total. The Balaban J connectivity index is 2.52. The van der Waals surface area contributed by atoms with Gasteiger partial charge in [-0.15, -0.1) is 0 Å². The van der Waals surface area contributed by atoms with Crippen molar-refractivity contribution in [2.24, 2.45) is 5.73 Å². The number of rotatable bonds is 7. The molecule has 0 aliphatic heterocycles. The van der Waals surface area contributed by atoms with Gasteiger partial charge in [-0.1, -0.05) is 13.3 Å². The minimum atomic E-state index is -0.277. The van der Waals surface area contributed by atoms with Gasteiger partial charge in [0.05, 0.1) is 6.20 Å². The van der Waals surface area contributed by atoms with E-state index in [0.717, 1.165) is 38.0 Å². The van der Waals surface area contributed by atoms with Crippen molar-refractivity contribution in [2.45, 2.75) is 26.3 Å². The SMILES string of the molecule is CCCCN(CCN)Cc1cncc(F)c1. The van der Waals surface area contributed by atoms with Crippen LogP contribution < -0.4 is 5.73 Å². The van der Waals surface area contributed by atoms with Gasteiger partial charge in [-0.25, -0.2) is 4.39 Å². The summed E-state index contributed by atoms with van der Waals surface area (Å²) < 4.78 is 12.9. The van der Waals surface area contributed by atoms with Gasteiger partial charge in [0.25, 0.3) is 0 Å². The van der Waals surface area contributed by atoms with Gasteiger partial charge >= 0.3 is 0 Å². The minimum Gasteiger partial charge on any atom is -0.329 e. The zero-order valence-corrected chi connectivity index (χ0v) is 9.82. The molecule has 0 aromatic carbocycles. The summed E-state index contributed by atoms with van der Waals surface area (Å²) in [6.07, 6.45) is 5.23. The Hall–Kier alpha value is -1.00. The number of hydrogen-bond donors (Lipinski definition) is 1. The van der Waals surface area contributed by atoms with Crippen LogP contribution in [0.5, 0.6) is 0 Å². The number of pyridine rings is 1. The first-order chi connectivity index (χ1) is 7.76. The summed E-state index contributed by atoms with van der Waals surface area (Å²) >= 11 is 0. The molecule has 1 aromatic rings. The molecule has 0 aliphatic carbocycles. The smallest absolute Gasteiger partial charge is 0.141 e. The average Bonchev–Trinajstić information content (AvgIpc) is 2.26. The lowest BCUT2D eigenvalue weighted by Crippen LogP contribution is -2.30. The Morgan fingerprint density at radius 2 is 2.19 bits per heavy atom. The first kappa shape index (κ1) is 13.1. The van der Waals surface area contributed by atoms with Crippen LogP contribution >= 0.6 is 0 Å². The summed E-state index contributed by atoms with van der Waals surface area (Å²) in [7, 11) is 0. The molecule has 0 fully saturated rings. The third kappa shape index (κ3) is 4.68. The fourth-order valence-electron chi connectivity index (χ4n) is 1.63. The highest BCUT2D eigenvalue weighted by Crippen LogP contribution is 2.06. The highest BCUT2D eigenvalue weighted by atomic mass is 19.1. The molecular weight excluding hydrogens is 205 g/mol. The molecule has 0 saturated heterocycles. The molecule has 0 aliphatic rings. The van der Waals surface area contributed by atoms with Crippen LogP contribution in [0, 0.1) is 5.82 Å². The molecule has 16 heavy (non-hydrogen) atoms. The molecule has 0 unspecified atom stereocenters. The number of hydrogen-bond acceptors (Lipinski definition) is 3. The van der Waals surface area contributed by atoms with E-state index >= 15 is 0 Å². The molecule has 1 aromatic heterocycles. The fourth-order valence-corrected chi connectivity index (χ4v) is 1.63. The van der Waals surface area contributed by atoms with Gasteiger partial charge in [0.1, 0.15) is 5.82 Å². The molecule has 3 nitrogen and oxygen atoms in total. The summed E-state index contributed by atoms with van der Waals surface area (Å²) in [5.41, 5.74) is 6.46. The van der Waals surface area contributed by atoms with Gasteiger partial charge in [-0.3, -0.25) is 9.88 Å². The van der Waals surface area contributed by atoms with Crippen molar-refractivity contribution in [1.82, 2.24) is 9.88 Å². The van der Waals surface area contributed by atoms with Gasteiger partial charge in [-0.05, 0) is 24.6 Å². The van der Waals surface area contributed by atoms with E-state index < -0.39 is 0 Å². The highest BCUT2D eigenvalue weighted by molar-refractivity contribution is 5.09. The van der Waals surface area contributed by atoms with Crippen LogP contribution in [0.3, 0.4) is 0 Å². The molecule has 1 rings (SSSR count). The predicted octanol–water partition coefficient (Wildman–Crippen LogP) is 1.78. The molecular formula is C12H20FN3. The van der Waals surface area contributed by atoms with E-state index in [0.29, 0.717) is 6.54 Å². The molecule has 1 heterocycles. The van der Waals surface area contributed by atoms with Crippen LogP contribution in [0.25, 0.3) is 0 Å². The zero-order valence-electron chi connectivity index (χ0n) is 9.82. The highest BCUT2D eigenvalue weighted by Gasteiger charge is 2.05. The molecule has 0 bridgehead atoms. The fraction of sp³-hybridized carbons (Fsp3) is 0.583. The number of halogens is 1. The number of nitrogens with two attached hydrogens (primary N) is 1. The zero-order chi connectivity index (χ0) is 11.8. The number of aromatic nitrogens is 1. The molecule has 90 valence electrons. The van der Waals surface area contributed by atoms with Crippen molar-refractivity contribution in [1.29, 1.82) is 0 Å². The van der Waals surface area contributed by atoms with Crippen LogP contribution in [-0.4, -0.2) is 29.5 Å². The van der Waals surface area contributed by atoms with Crippen molar-refractivity contribution < 1.29 is 4.39 Å². The van der Waals surface area contributed by atoms with E-state index in [-0.39, 0.29) is 5.82 Å². The second-order valence-electron chi connectivity index (χ2n) is 3.93. The van der Waals surface area contributed by atoms with Crippen molar-refractivity contribution >= 4 is 0 Å². The van der Waals surface area contributed by atoms with E-state index in [9.17, 15) is 4.39 Å². The lowest BCUT2D eigenvalue weighted by atomic mass is 10.2. The van der Waals surface area contributed by atoms with Crippen LogP contribution in [0.15, 0.2) is 18.5 Å². The van der Waals surface area contributed by atoms with E-state index in [1.165, 1.54) is 12.3 Å². The summed E-state index contributed by atoms with van der Waals surface area (Å²) in [6.45, 7) is 5.36. The van der Waals surface area contributed by atoms with Gasteiger partial charge in [0, 0.05) is 25.8 Å². The summed E-state index contributed by atoms with van der Waals surface area (Å²) in [5, 5.41) is 0. The van der Waals surface area contributed by atoms with Gasteiger partial charge < -0.3 is 5.73 Å². The third-order valence-electron chi connectivity index (χ3n) is 2.44. The van der Waals surface area contributed by atoms with E-state index in [1.54, 1.807) is 6.20 Å². The Labute approximate surface area is 96.5 Å². The maximum Gasteiger partial charge on any atom is 0.141 e. The van der Waals surface area contributed by atoms with E-state index in [2.05, 4.69) is 16.8 Å². The van der Waals surface area contributed by atoms with Crippen molar-refractivity contribution in [3.05, 3.63) is 29.8 Å². The lowest BCUT2D eigenvalue weighted by molar-refractivity contribution is 0.268. The maximum absolute atomic E-state index is 12.9.